The Hall–Kier alpha value is -2.37. The van der Waals surface area contributed by atoms with E-state index in [4.69, 9.17) is 9.47 Å². The number of nitrogens with one attached hydrogen (secondary N) is 1. The maximum Gasteiger partial charge on any atom is 0.314 e. The molecule has 26 heavy (non-hydrogen) atoms. The van der Waals surface area contributed by atoms with E-state index in [2.05, 4.69) is 24.4 Å². The molecule has 1 amide bonds. The summed E-state index contributed by atoms with van der Waals surface area (Å²) in [6.45, 7) is 11.6. The molecule has 0 aliphatic carbocycles. The molecular formula is C20H30N2O4. The normalized spacial score (nSPS) is 12.7. The van der Waals surface area contributed by atoms with Crippen molar-refractivity contribution >= 4 is 17.6 Å². The van der Waals surface area contributed by atoms with Gasteiger partial charge in [0.25, 0.3) is 5.91 Å². The SMILES string of the molecule is CCOC(=O)[C@@H](CC)/C(C)=N/NC(=O)COc1cc(C)ccc1C(C)C. The van der Waals surface area contributed by atoms with Crippen LogP contribution in [-0.2, 0) is 14.3 Å². The molecule has 1 rings (SSSR count). The van der Waals surface area contributed by atoms with Crippen LogP contribution in [-0.4, -0.2) is 30.8 Å². The van der Waals surface area contributed by atoms with Crippen LogP contribution in [0.2, 0.25) is 0 Å². The van der Waals surface area contributed by atoms with Crippen molar-refractivity contribution in [1.82, 2.24) is 5.43 Å². The fourth-order valence-electron chi connectivity index (χ4n) is 2.52. The van der Waals surface area contributed by atoms with Crippen LogP contribution in [0.5, 0.6) is 5.75 Å². The van der Waals surface area contributed by atoms with E-state index in [1.807, 2.05) is 32.0 Å². The van der Waals surface area contributed by atoms with Crippen molar-refractivity contribution in [3.63, 3.8) is 0 Å². The molecule has 0 fully saturated rings. The van der Waals surface area contributed by atoms with Crippen molar-refractivity contribution in [2.24, 2.45) is 11.0 Å². The number of hydrogen-bond acceptors (Lipinski definition) is 5. The van der Waals surface area contributed by atoms with Crippen molar-refractivity contribution in [2.45, 2.75) is 53.9 Å². The van der Waals surface area contributed by atoms with Crippen LogP contribution in [0.25, 0.3) is 0 Å². The summed E-state index contributed by atoms with van der Waals surface area (Å²) >= 11 is 0. The van der Waals surface area contributed by atoms with Gasteiger partial charge in [0.15, 0.2) is 6.61 Å². The fraction of sp³-hybridized carbons (Fsp3) is 0.550. The van der Waals surface area contributed by atoms with Gasteiger partial charge in [0.1, 0.15) is 5.75 Å². The van der Waals surface area contributed by atoms with E-state index in [1.165, 1.54) is 0 Å². The molecule has 0 spiro atoms. The van der Waals surface area contributed by atoms with E-state index in [0.29, 0.717) is 30.4 Å². The third kappa shape index (κ3) is 6.50. The van der Waals surface area contributed by atoms with Crippen LogP contribution >= 0.6 is 0 Å². The smallest absolute Gasteiger partial charge is 0.314 e. The highest BCUT2D eigenvalue weighted by Crippen LogP contribution is 2.27. The summed E-state index contributed by atoms with van der Waals surface area (Å²) in [4.78, 5) is 23.9. The molecular weight excluding hydrogens is 332 g/mol. The van der Waals surface area contributed by atoms with Crippen LogP contribution in [0.3, 0.4) is 0 Å². The number of hydrazone groups is 1. The monoisotopic (exact) mass is 362 g/mol. The van der Waals surface area contributed by atoms with Crippen LogP contribution in [0.1, 0.15) is 58.1 Å². The minimum absolute atomic E-state index is 0.143. The van der Waals surface area contributed by atoms with Gasteiger partial charge in [-0.2, -0.15) is 5.10 Å². The first-order chi connectivity index (χ1) is 12.3. The van der Waals surface area contributed by atoms with Crippen molar-refractivity contribution in [1.29, 1.82) is 0 Å². The number of carbonyl (C=O) groups excluding carboxylic acids is 2. The van der Waals surface area contributed by atoms with Gasteiger partial charge in [-0.1, -0.05) is 32.9 Å². The Bertz CT molecular complexity index is 653. The molecule has 0 aliphatic rings. The molecule has 144 valence electrons. The number of ether oxygens (including phenoxy) is 2. The van der Waals surface area contributed by atoms with E-state index < -0.39 is 5.92 Å². The highest BCUT2D eigenvalue weighted by molar-refractivity contribution is 6.01. The summed E-state index contributed by atoms with van der Waals surface area (Å²) in [5.74, 6) is -0.166. The average molecular weight is 362 g/mol. The zero-order valence-corrected chi connectivity index (χ0v) is 16.6. The lowest BCUT2D eigenvalue weighted by atomic mass is 10.0. The van der Waals surface area contributed by atoms with Crippen LogP contribution in [0, 0.1) is 12.8 Å². The van der Waals surface area contributed by atoms with Gasteiger partial charge in [-0.3, -0.25) is 9.59 Å². The largest absolute Gasteiger partial charge is 0.483 e. The quantitative estimate of drug-likeness (QED) is 0.414. The molecule has 1 N–H and O–H groups in total. The molecule has 1 aromatic rings. The summed E-state index contributed by atoms with van der Waals surface area (Å²) in [5, 5.41) is 4.02. The molecule has 6 heteroatoms. The summed E-state index contributed by atoms with van der Waals surface area (Å²) < 4.78 is 10.7. The lowest BCUT2D eigenvalue weighted by molar-refractivity contribution is -0.145. The highest BCUT2D eigenvalue weighted by Gasteiger charge is 2.21. The van der Waals surface area contributed by atoms with Crippen LogP contribution in [0.15, 0.2) is 23.3 Å². The molecule has 6 nitrogen and oxygen atoms in total. The molecule has 1 aromatic carbocycles. The molecule has 1 atom stereocenters. The lowest BCUT2D eigenvalue weighted by Gasteiger charge is -2.15. The summed E-state index contributed by atoms with van der Waals surface area (Å²) in [6.07, 6.45) is 0.557. The third-order valence-corrected chi connectivity index (χ3v) is 3.99. The molecule has 0 radical (unpaired) electrons. The third-order valence-electron chi connectivity index (χ3n) is 3.99. The van der Waals surface area contributed by atoms with Gasteiger partial charge in [-0.05, 0) is 50.3 Å². The van der Waals surface area contributed by atoms with Gasteiger partial charge in [0.2, 0.25) is 0 Å². The summed E-state index contributed by atoms with van der Waals surface area (Å²) in [7, 11) is 0. The number of hydrogen-bond donors (Lipinski definition) is 1. The Kier molecular flexibility index (Phi) is 8.82. The number of benzene rings is 1. The number of amides is 1. The van der Waals surface area contributed by atoms with Gasteiger partial charge >= 0.3 is 5.97 Å². The number of carbonyl (C=O) groups is 2. The Balaban J connectivity index is 2.67. The molecule has 0 bridgehead atoms. The van der Waals surface area contributed by atoms with Crippen molar-refractivity contribution in [3.05, 3.63) is 29.3 Å². The minimum atomic E-state index is -0.458. The van der Waals surface area contributed by atoms with Gasteiger partial charge in [0.05, 0.1) is 12.5 Å². The molecule has 0 aromatic heterocycles. The molecule has 0 aliphatic heterocycles. The Morgan fingerprint density at radius 2 is 1.92 bits per heavy atom. The molecule has 0 heterocycles. The second-order valence-corrected chi connectivity index (χ2v) is 6.49. The van der Waals surface area contributed by atoms with Gasteiger partial charge < -0.3 is 9.47 Å². The minimum Gasteiger partial charge on any atom is -0.483 e. The zero-order chi connectivity index (χ0) is 19.7. The maximum absolute atomic E-state index is 12.0. The molecule has 0 saturated heterocycles. The van der Waals surface area contributed by atoms with E-state index in [1.54, 1.807) is 13.8 Å². The average Bonchev–Trinajstić information content (AvgIpc) is 2.58. The van der Waals surface area contributed by atoms with Crippen molar-refractivity contribution < 1.29 is 19.1 Å². The van der Waals surface area contributed by atoms with E-state index in [-0.39, 0.29) is 18.5 Å². The van der Waals surface area contributed by atoms with E-state index in [0.717, 1.165) is 11.1 Å². The van der Waals surface area contributed by atoms with Crippen molar-refractivity contribution in [2.75, 3.05) is 13.2 Å². The Morgan fingerprint density at radius 3 is 2.50 bits per heavy atom. The standard InChI is InChI=1S/C20H30N2O4/c1-7-16(20(24)25-8-2)15(6)21-22-19(23)12-26-18-11-14(5)9-10-17(18)13(3)4/h9-11,13,16H,7-8,12H2,1-6H3,(H,22,23)/b21-15+/t16-/m0/s1. The fourth-order valence-corrected chi connectivity index (χ4v) is 2.52. The number of esters is 1. The summed E-state index contributed by atoms with van der Waals surface area (Å²) in [6, 6.07) is 5.96. The van der Waals surface area contributed by atoms with E-state index in [9.17, 15) is 9.59 Å². The first-order valence-electron chi connectivity index (χ1n) is 9.03. The zero-order valence-electron chi connectivity index (χ0n) is 16.6. The number of nitrogens with zero attached hydrogens (tertiary/aromatic N) is 1. The van der Waals surface area contributed by atoms with E-state index >= 15 is 0 Å². The predicted molar refractivity (Wildman–Crippen MR) is 102 cm³/mol. The second kappa shape index (κ2) is 10.6. The molecule has 0 saturated carbocycles. The first kappa shape index (κ1) is 21.7. The summed E-state index contributed by atoms with van der Waals surface area (Å²) in [5.41, 5.74) is 5.08. The van der Waals surface area contributed by atoms with Gasteiger partial charge in [-0.25, -0.2) is 5.43 Å². The number of rotatable bonds is 9. The number of aryl methyl sites for hydroxylation is 1. The topological polar surface area (TPSA) is 77.0 Å². The predicted octanol–water partition coefficient (Wildman–Crippen LogP) is 3.58. The highest BCUT2D eigenvalue weighted by atomic mass is 16.5. The van der Waals surface area contributed by atoms with Gasteiger partial charge in [0, 0.05) is 5.71 Å². The Morgan fingerprint density at radius 1 is 1.23 bits per heavy atom. The first-order valence-corrected chi connectivity index (χ1v) is 9.03. The Labute approximate surface area is 156 Å². The lowest BCUT2D eigenvalue weighted by Crippen LogP contribution is -2.29. The van der Waals surface area contributed by atoms with Crippen LogP contribution in [0.4, 0.5) is 0 Å². The van der Waals surface area contributed by atoms with Gasteiger partial charge in [-0.15, -0.1) is 0 Å². The second-order valence-electron chi connectivity index (χ2n) is 6.49. The molecule has 0 unspecified atom stereocenters. The van der Waals surface area contributed by atoms with Crippen LogP contribution < -0.4 is 10.2 Å². The maximum atomic E-state index is 12.0. The van der Waals surface area contributed by atoms with Crippen molar-refractivity contribution in [3.8, 4) is 5.75 Å².